The molecule has 0 unspecified atom stereocenters. The summed E-state index contributed by atoms with van der Waals surface area (Å²) < 4.78 is 6.07. The molecule has 1 heterocycles. The van der Waals surface area contributed by atoms with Crippen LogP contribution in [0.5, 0.6) is 0 Å². The number of pyridine rings is 1. The third-order valence-electron chi connectivity index (χ3n) is 3.47. The molecule has 2 N–H and O–H groups in total. The number of fused-ring (bicyclic) bond motifs is 1. The Balaban J connectivity index is 2.22. The average molecular weight is 371 g/mol. The van der Waals surface area contributed by atoms with Gasteiger partial charge in [0.15, 0.2) is 0 Å². The SMILES string of the molecule is CCOC(=O)c1cc(-c2ccc(N)cc2)nc2ccc(Br)cc12. The fourth-order valence-electron chi connectivity index (χ4n) is 2.38. The highest BCUT2D eigenvalue weighted by atomic mass is 79.9. The van der Waals surface area contributed by atoms with Crippen LogP contribution in [0.1, 0.15) is 17.3 Å². The lowest BCUT2D eigenvalue weighted by molar-refractivity contribution is 0.0528. The third-order valence-corrected chi connectivity index (χ3v) is 3.97. The number of ether oxygens (including phenoxy) is 1. The summed E-state index contributed by atoms with van der Waals surface area (Å²) in [5.41, 5.74) is 9.27. The van der Waals surface area contributed by atoms with Crippen LogP contribution in [-0.4, -0.2) is 17.6 Å². The second-order valence-electron chi connectivity index (χ2n) is 5.06. The maximum atomic E-state index is 12.3. The predicted molar refractivity (Wildman–Crippen MR) is 95.2 cm³/mol. The number of hydrogen-bond donors (Lipinski definition) is 1. The Morgan fingerprint density at radius 1 is 1.17 bits per heavy atom. The van der Waals surface area contributed by atoms with Gasteiger partial charge < -0.3 is 10.5 Å². The molecule has 5 heteroatoms. The van der Waals surface area contributed by atoms with Gasteiger partial charge in [-0.3, -0.25) is 0 Å². The summed E-state index contributed by atoms with van der Waals surface area (Å²) in [5.74, 6) is -0.352. The van der Waals surface area contributed by atoms with Gasteiger partial charge in [-0.1, -0.05) is 28.1 Å². The van der Waals surface area contributed by atoms with Crippen molar-refractivity contribution in [1.29, 1.82) is 0 Å². The molecule has 2 aromatic carbocycles. The van der Waals surface area contributed by atoms with Gasteiger partial charge in [0.05, 0.1) is 23.4 Å². The standard InChI is InChI=1S/C18H15BrN2O2/c1-2-23-18(22)15-10-17(11-3-6-13(20)7-4-11)21-16-8-5-12(19)9-14(15)16/h3-10H,2,20H2,1H3. The maximum Gasteiger partial charge on any atom is 0.338 e. The maximum absolute atomic E-state index is 12.3. The zero-order chi connectivity index (χ0) is 16.4. The van der Waals surface area contributed by atoms with Gasteiger partial charge in [-0.05, 0) is 43.3 Å². The van der Waals surface area contributed by atoms with Crippen LogP contribution in [0.15, 0.2) is 53.0 Å². The molecule has 23 heavy (non-hydrogen) atoms. The van der Waals surface area contributed by atoms with E-state index >= 15 is 0 Å². The average Bonchev–Trinajstić information content (AvgIpc) is 2.55. The minimum atomic E-state index is -0.352. The Bertz CT molecular complexity index is 876. The van der Waals surface area contributed by atoms with E-state index in [1.54, 1.807) is 13.0 Å². The predicted octanol–water partition coefficient (Wildman–Crippen LogP) is 4.42. The summed E-state index contributed by atoms with van der Waals surface area (Å²) in [6.45, 7) is 2.12. The van der Waals surface area contributed by atoms with Gasteiger partial charge in [-0.25, -0.2) is 9.78 Å². The van der Waals surface area contributed by atoms with E-state index in [2.05, 4.69) is 20.9 Å². The molecule has 0 bridgehead atoms. The van der Waals surface area contributed by atoms with Crippen molar-refractivity contribution in [2.75, 3.05) is 12.3 Å². The van der Waals surface area contributed by atoms with E-state index < -0.39 is 0 Å². The molecule has 3 aromatic rings. The summed E-state index contributed by atoms with van der Waals surface area (Å²) in [6, 6.07) is 14.8. The Morgan fingerprint density at radius 2 is 1.91 bits per heavy atom. The number of nitrogens with zero attached hydrogens (tertiary/aromatic N) is 1. The molecule has 1 aromatic heterocycles. The van der Waals surface area contributed by atoms with E-state index in [-0.39, 0.29) is 5.97 Å². The minimum Gasteiger partial charge on any atom is -0.462 e. The number of carbonyl (C=O) groups excluding carboxylic acids is 1. The first kappa shape index (κ1) is 15.5. The van der Waals surface area contributed by atoms with Crippen LogP contribution in [0.25, 0.3) is 22.2 Å². The first-order valence-corrected chi connectivity index (χ1v) is 8.01. The van der Waals surface area contributed by atoms with Crippen molar-refractivity contribution in [2.45, 2.75) is 6.92 Å². The van der Waals surface area contributed by atoms with E-state index in [4.69, 9.17) is 10.5 Å². The van der Waals surface area contributed by atoms with Gasteiger partial charge in [0.2, 0.25) is 0 Å². The van der Waals surface area contributed by atoms with Crippen LogP contribution in [0, 0.1) is 0 Å². The molecule has 0 saturated carbocycles. The zero-order valence-electron chi connectivity index (χ0n) is 12.5. The number of benzene rings is 2. The van der Waals surface area contributed by atoms with Gasteiger partial charge in [0.1, 0.15) is 0 Å². The Morgan fingerprint density at radius 3 is 2.61 bits per heavy atom. The van der Waals surface area contributed by atoms with Crippen molar-refractivity contribution in [3.05, 3.63) is 58.6 Å². The molecule has 0 spiro atoms. The van der Waals surface area contributed by atoms with Gasteiger partial charge in [0, 0.05) is 21.1 Å². The molecule has 4 nitrogen and oxygen atoms in total. The molecule has 3 rings (SSSR count). The largest absolute Gasteiger partial charge is 0.462 e. The lowest BCUT2D eigenvalue weighted by atomic mass is 10.0. The zero-order valence-corrected chi connectivity index (χ0v) is 14.1. The highest BCUT2D eigenvalue weighted by Crippen LogP contribution is 2.28. The second-order valence-corrected chi connectivity index (χ2v) is 5.97. The number of carbonyl (C=O) groups is 1. The molecule has 0 aliphatic carbocycles. The van der Waals surface area contributed by atoms with Crippen molar-refractivity contribution >= 4 is 38.5 Å². The summed E-state index contributed by atoms with van der Waals surface area (Å²) in [5, 5.41) is 0.761. The fraction of sp³-hybridized carbons (Fsp3) is 0.111. The first-order chi connectivity index (χ1) is 11.1. The summed E-state index contributed by atoms with van der Waals surface area (Å²) in [4.78, 5) is 17.0. The highest BCUT2D eigenvalue weighted by Gasteiger charge is 2.15. The van der Waals surface area contributed by atoms with Crippen LogP contribution in [0.3, 0.4) is 0 Å². The molecule has 0 amide bonds. The Labute approximate surface area is 142 Å². The molecule has 0 radical (unpaired) electrons. The molecular weight excluding hydrogens is 356 g/mol. The Kier molecular flexibility index (Phi) is 4.30. The van der Waals surface area contributed by atoms with Crippen molar-refractivity contribution < 1.29 is 9.53 Å². The number of nitrogen functional groups attached to an aromatic ring is 1. The van der Waals surface area contributed by atoms with Crippen LogP contribution >= 0.6 is 15.9 Å². The number of nitrogens with two attached hydrogens (primary N) is 1. The van der Waals surface area contributed by atoms with Gasteiger partial charge in [0.25, 0.3) is 0 Å². The van der Waals surface area contributed by atoms with Crippen LogP contribution in [-0.2, 0) is 4.74 Å². The lowest BCUT2D eigenvalue weighted by Gasteiger charge is -2.10. The van der Waals surface area contributed by atoms with Crippen LogP contribution in [0.4, 0.5) is 5.69 Å². The monoisotopic (exact) mass is 370 g/mol. The number of rotatable bonds is 3. The molecule has 0 aliphatic rings. The molecule has 0 aliphatic heterocycles. The number of anilines is 1. The van der Waals surface area contributed by atoms with Gasteiger partial charge in [-0.15, -0.1) is 0 Å². The van der Waals surface area contributed by atoms with Crippen molar-refractivity contribution in [2.24, 2.45) is 0 Å². The van der Waals surface area contributed by atoms with Crippen molar-refractivity contribution in [3.63, 3.8) is 0 Å². The van der Waals surface area contributed by atoms with Crippen LogP contribution < -0.4 is 5.73 Å². The minimum absolute atomic E-state index is 0.327. The summed E-state index contributed by atoms with van der Waals surface area (Å²) in [7, 11) is 0. The van der Waals surface area contributed by atoms with E-state index in [9.17, 15) is 4.79 Å². The highest BCUT2D eigenvalue weighted by molar-refractivity contribution is 9.10. The van der Waals surface area contributed by atoms with E-state index in [0.717, 1.165) is 20.9 Å². The number of aromatic nitrogens is 1. The molecule has 0 saturated heterocycles. The normalized spacial score (nSPS) is 10.7. The van der Waals surface area contributed by atoms with Gasteiger partial charge in [-0.2, -0.15) is 0 Å². The first-order valence-electron chi connectivity index (χ1n) is 7.22. The van der Waals surface area contributed by atoms with E-state index in [1.165, 1.54) is 0 Å². The molecule has 0 fully saturated rings. The van der Waals surface area contributed by atoms with E-state index in [1.807, 2.05) is 42.5 Å². The quantitative estimate of drug-likeness (QED) is 0.547. The number of esters is 1. The second kappa shape index (κ2) is 6.38. The third kappa shape index (κ3) is 3.19. The number of hydrogen-bond acceptors (Lipinski definition) is 4. The lowest BCUT2D eigenvalue weighted by Crippen LogP contribution is -2.06. The van der Waals surface area contributed by atoms with Crippen LogP contribution in [0.2, 0.25) is 0 Å². The van der Waals surface area contributed by atoms with Crippen molar-refractivity contribution in [1.82, 2.24) is 4.98 Å². The fourth-order valence-corrected chi connectivity index (χ4v) is 2.74. The van der Waals surface area contributed by atoms with Gasteiger partial charge >= 0.3 is 5.97 Å². The Hall–Kier alpha value is -2.40. The molecule has 116 valence electrons. The smallest absolute Gasteiger partial charge is 0.338 e. The molecule has 0 atom stereocenters. The van der Waals surface area contributed by atoms with E-state index in [0.29, 0.717) is 23.6 Å². The van der Waals surface area contributed by atoms with Crippen molar-refractivity contribution in [3.8, 4) is 11.3 Å². The summed E-state index contributed by atoms with van der Waals surface area (Å²) >= 11 is 3.43. The summed E-state index contributed by atoms with van der Waals surface area (Å²) in [6.07, 6.45) is 0. The topological polar surface area (TPSA) is 65.2 Å². The molecular formula is C18H15BrN2O2. The number of halogens is 1.